The fourth-order valence-electron chi connectivity index (χ4n) is 1.85. The van der Waals surface area contributed by atoms with Crippen LogP contribution in [-0.2, 0) is 4.79 Å². The first kappa shape index (κ1) is 24.0. The van der Waals surface area contributed by atoms with Crippen molar-refractivity contribution in [2.24, 2.45) is 11.7 Å². The number of halogens is 2. The predicted molar refractivity (Wildman–Crippen MR) is 87.3 cm³/mol. The van der Waals surface area contributed by atoms with Crippen LogP contribution in [0, 0.1) is 5.92 Å². The van der Waals surface area contributed by atoms with Gasteiger partial charge in [0.05, 0.1) is 0 Å². The van der Waals surface area contributed by atoms with Gasteiger partial charge in [-0.3, -0.25) is 4.79 Å². The first-order valence-electron chi connectivity index (χ1n) is 6.51. The topological polar surface area (TPSA) is 58.4 Å². The molecule has 0 aromatic carbocycles. The molecule has 0 fully saturated rings. The second kappa shape index (κ2) is 13.0. The molecular weight excluding hydrogens is 285 g/mol. The van der Waals surface area contributed by atoms with E-state index in [0.29, 0.717) is 12.3 Å². The van der Waals surface area contributed by atoms with Crippen LogP contribution in [-0.4, -0.2) is 43.5 Å². The highest BCUT2D eigenvalue weighted by Gasteiger charge is 2.14. The first-order chi connectivity index (χ1) is 7.81. The molecule has 2 atom stereocenters. The van der Waals surface area contributed by atoms with Crippen LogP contribution in [0.1, 0.15) is 40.0 Å². The van der Waals surface area contributed by atoms with E-state index in [4.69, 9.17) is 5.73 Å². The molecule has 0 spiro atoms. The summed E-state index contributed by atoms with van der Waals surface area (Å²) in [6.45, 7) is 7.17. The molecule has 0 rings (SSSR count). The van der Waals surface area contributed by atoms with Crippen molar-refractivity contribution in [3.8, 4) is 0 Å². The summed E-state index contributed by atoms with van der Waals surface area (Å²) in [6, 6.07) is 0.337. The first-order valence-corrected chi connectivity index (χ1v) is 6.51. The molecule has 0 aliphatic heterocycles. The van der Waals surface area contributed by atoms with E-state index in [1.54, 1.807) is 0 Å². The van der Waals surface area contributed by atoms with Gasteiger partial charge in [0, 0.05) is 25.0 Å². The number of hydrogen-bond donors (Lipinski definition) is 2. The third-order valence-corrected chi connectivity index (χ3v) is 2.53. The van der Waals surface area contributed by atoms with Crippen LogP contribution >= 0.6 is 24.8 Å². The highest BCUT2D eigenvalue weighted by molar-refractivity contribution is 5.85. The second-order valence-electron chi connectivity index (χ2n) is 5.67. The summed E-state index contributed by atoms with van der Waals surface area (Å²) < 4.78 is 0. The molecule has 1 amide bonds. The number of likely N-dealkylation sites (N-methyl/N-ethyl adjacent to an activating group) is 1. The van der Waals surface area contributed by atoms with Crippen molar-refractivity contribution in [2.75, 3.05) is 20.6 Å². The van der Waals surface area contributed by atoms with Crippen LogP contribution in [0.4, 0.5) is 0 Å². The number of hydrogen-bond acceptors (Lipinski definition) is 3. The second-order valence-corrected chi connectivity index (χ2v) is 5.67. The Balaban J connectivity index is -0.00000128. The Morgan fingerprint density at radius 2 is 1.74 bits per heavy atom. The standard InChI is InChI=1S/C13H29N3O.2ClH/c1-10(2)8-12(9-16(4)5)15-13(17)7-6-11(3)14;;/h10-12H,6-9,14H2,1-5H3,(H,15,17);2*1H. The Kier molecular flexibility index (Phi) is 16.4. The molecule has 118 valence electrons. The maximum atomic E-state index is 11.7. The lowest BCUT2D eigenvalue weighted by atomic mass is 10.0. The van der Waals surface area contributed by atoms with Gasteiger partial charge in [-0.15, -0.1) is 24.8 Å². The minimum atomic E-state index is 0. The Labute approximate surface area is 130 Å². The molecule has 0 bridgehead atoms. The quantitative estimate of drug-likeness (QED) is 0.720. The molecule has 4 nitrogen and oxygen atoms in total. The number of nitrogens with two attached hydrogens (primary N) is 1. The van der Waals surface area contributed by atoms with Crippen molar-refractivity contribution in [3.63, 3.8) is 0 Å². The average Bonchev–Trinajstić information content (AvgIpc) is 2.12. The van der Waals surface area contributed by atoms with Crippen molar-refractivity contribution >= 4 is 30.7 Å². The summed E-state index contributed by atoms with van der Waals surface area (Å²) >= 11 is 0. The van der Waals surface area contributed by atoms with E-state index >= 15 is 0 Å². The molecule has 0 aromatic rings. The van der Waals surface area contributed by atoms with E-state index in [0.717, 1.165) is 19.4 Å². The van der Waals surface area contributed by atoms with Crippen LogP contribution in [0.15, 0.2) is 0 Å². The van der Waals surface area contributed by atoms with Gasteiger partial charge in [0.1, 0.15) is 0 Å². The third kappa shape index (κ3) is 15.9. The minimum Gasteiger partial charge on any atom is -0.352 e. The van der Waals surface area contributed by atoms with E-state index in [-0.39, 0.29) is 42.8 Å². The maximum Gasteiger partial charge on any atom is 0.220 e. The lowest BCUT2D eigenvalue weighted by Crippen LogP contribution is -2.42. The SMILES string of the molecule is CC(C)CC(CN(C)C)NC(=O)CCC(C)N.Cl.Cl. The monoisotopic (exact) mass is 315 g/mol. The van der Waals surface area contributed by atoms with Crippen LogP contribution < -0.4 is 11.1 Å². The fourth-order valence-corrected chi connectivity index (χ4v) is 1.85. The highest BCUT2D eigenvalue weighted by atomic mass is 35.5. The Bertz CT molecular complexity index is 214. The third-order valence-electron chi connectivity index (χ3n) is 2.53. The molecule has 0 saturated heterocycles. The van der Waals surface area contributed by atoms with Crippen molar-refractivity contribution in [3.05, 3.63) is 0 Å². The molecule has 0 aliphatic rings. The fraction of sp³-hybridized carbons (Fsp3) is 0.923. The number of rotatable bonds is 8. The summed E-state index contributed by atoms with van der Waals surface area (Å²) in [5.41, 5.74) is 5.64. The Morgan fingerprint density at radius 3 is 2.11 bits per heavy atom. The number of carbonyl (C=O) groups is 1. The summed E-state index contributed by atoms with van der Waals surface area (Å²) in [5, 5.41) is 3.10. The van der Waals surface area contributed by atoms with Gasteiger partial charge in [-0.05, 0) is 39.8 Å². The number of nitrogens with one attached hydrogen (secondary N) is 1. The number of carbonyl (C=O) groups excluding carboxylic acids is 1. The summed E-state index contributed by atoms with van der Waals surface area (Å²) in [4.78, 5) is 13.8. The van der Waals surface area contributed by atoms with Gasteiger partial charge >= 0.3 is 0 Å². The normalized spacial score (nSPS) is 13.5. The summed E-state index contributed by atoms with van der Waals surface area (Å²) in [6.07, 6.45) is 2.30. The smallest absolute Gasteiger partial charge is 0.220 e. The van der Waals surface area contributed by atoms with Crippen molar-refractivity contribution in [2.45, 2.75) is 52.1 Å². The van der Waals surface area contributed by atoms with Gasteiger partial charge in [-0.2, -0.15) is 0 Å². The van der Waals surface area contributed by atoms with Crippen molar-refractivity contribution in [1.29, 1.82) is 0 Å². The van der Waals surface area contributed by atoms with Gasteiger partial charge in [0.2, 0.25) is 5.91 Å². The molecule has 2 unspecified atom stereocenters. The molecule has 6 heteroatoms. The van der Waals surface area contributed by atoms with E-state index in [1.807, 2.05) is 21.0 Å². The molecule has 0 heterocycles. The molecule has 0 aliphatic carbocycles. The van der Waals surface area contributed by atoms with E-state index in [1.165, 1.54) is 0 Å². The predicted octanol–water partition coefficient (Wildman–Crippen LogP) is 2.05. The minimum absolute atomic E-state index is 0. The molecule has 3 N–H and O–H groups in total. The van der Waals surface area contributed by atoms with E-state index in [9.17, 15) is 4.79 Å². The zero-order valence-corrected chi connectivity index (χ0v) is 14.4. The number of amides is 1. The summed E-state index contributed by atoms with van der Waals surface area (Å²) in [7, 11) is 4.06. The highest BCUT2D eigenvalue weighted by Crippen LogP contribution is 2.06. The number of nitrogens with zero attached hydrogens (tertiary/aromatic N) is 1. The molecule has 0 aromatic heterocycles. The average molecular weight is 316 g/mol. The zero-order chi connectivity index (χ0) is 13.4. The van der Waals surface area contributed by atoms with Gasteiger partial charge in [-0.25, -0.2) is 0 Å². The van der Waals surface area contributed by atoms with Crippen molar-refractivity contribution < 1.29 is 4.79 Å². The van der Waals surface area contributed by atoms with E-state index in [2.05, 4.69) is 24.1 Å². The Hall–Kier alpha value is -0.0300. The molecule has 0 saturated carbocycles. The van der Waals surface area contributed by atoms with Gasteiger partial charge < -0.3 is 16.0 Å². The van der Waals surface area contributed by atoms with Crippen LogP contribution in [0.25, 0.3) is 0 Å². The molecule has 0 radical (unpaired) electrons. The molecular formula is C13H31Cl2N3O. The van der Waals surface area contributed by atoms with Gasteiger partial charge in [0.15, 0.2) is 0 Å². The van der Waals surface area contributed by atoms with Crippen LogP contribution in [0.2, 0.25) is 0 Å². The van der Waals surface area contributed by atoms with Gasteiger partial charge in [0.25, 0.3) is 0 Å². The van der Waals surface area contributed by atoms with Crippen LogP contribution in [0.3, 0.4) is 0 Å². The van der Waals surface area contributed by atoms with Gasteiger partial charge in [-0.1, -0.05) is 13.8 Å². The largest absolute Gasteiger partial charge is 0.352 e. The maximum absolute atomic E-state index is 11.7. The lowest BCUT2D eigenvalue weighted by molar-refractivity contribution is -0.122. The van der Waals surface area contributed by atoms with E-state index < -0.39 is 0 Å². The Morgan fingerprint density at radius 1 is 1.21 bits per heavy atom. The molecule has 19 heavy (non-hydrogen) atoms. The van der Waals surface area contributed by atoms with Crippen molar-refractivity contribution in [1.82, 2.24) is 10.2 Å². The zero-order valence-electron chi connectivity index (χ0n) is 12.8. The summed E-state index contributed by atoms with van der Waals surface area (Å²) in [5.74, 6) is 0.712. The van der Waals surface area contributed by atoms with Crippen LogP contribution in [0.5, 0.6) is 0 Å². The lowest BCUT2D eigenvalue weighted by Gasteiger charge is -2.24.